The molecule has 1 aromatic carbocycles. The highest BCUT2D eigenvalue weighted by Crippen LogP contribution is 2.34. The summed E-state index contributed by atoms with van der Waals surface area (Å²) in [5.41, 5.74) is 0.931. The van der Waals surface area contributed by atoms with Crippen molar-refractivity contribution in [1.82, 2.24) is 4.90 Å². The molecule has 0 spiro atoms. The van der Waals surface area contributed by atoms with Gasteiger partial charge in [0.15, 0.2) is 0 Å². The fourth-order valence-corrected chi connectivity index (χ4v) is 4.56. The molecule has 0 aliphatic carbocycles. The third-order valence-corrected chi connectivity index (χ3v) is 6.64. The summed E-state index contributed by atoms with van der Waals surface area (Å²) in [4.78, 5) is 25.4. The van der Waals surface area contributed by atoms with Crippen molar-refractivity contribution in [3.05, 3.63) is 69.9 Å². The van der Waals surface area contributed by atoms with E-state index in [2.05, 4.69) is 0 Å². The Hall–Kier alpha value is -2.58. The van der Waals surface area contributed by atoms with Gasteiger partial charge >= 0.3 is 11.9 Å². The van der Waals surface area contributed by atoms with Crippen LogP contribution in [0.3, 0.4) is 0 Å². The van der Waals surface area contributed by atoms with Gasteiger partial charge in [0, 0.05) is 23.8 Å². The van der Waals surface area contributed by atoms with Crippen LogP contribution in [0.1, 0.15) is 45.8 Å². The number of likely N-dealkylation sites (tertiary alicyclic amines) is 1. The summed E-state index contributed by atoms with van der Waals surface area (Å²) in [6, 6.07) is 11.8. The van der Waals surface area contributed by atoms with Crippen LogP contribution in [-0.4, -0.2) is 51.6 Å². The molecule has 2 aromatic rings. The standard InChI is InChI=1S/C23H25F2NO4S/c1-15(16-6-3-2-4-7-16)19(27)11-9-17-14-23(24,25)22(30)26(17)13-5-8-18-10-12-20(31-18)21(28)29/h2-4,6-7,9-12,15,17,19,27H,5,8,13-14H2,1H3,(H,28,29)/b11-9+/t15-,17-,19+/m0/s1. The van der Waals surface area contributed by atoms with Gasteiger partial charge in [-0.1, -0.05) is 49.4 Å². The molecule has 0 saturated carbocycles. The molecule has 1 fully saturated rings. The molecule has 2 heterocycles. The number of carbonyl (C=O) groups excluding carboxylic acids is 1. The van der Waals surface area contributed by atoms with Crippen LogP contribution in [0.4, 0.5) is 8.78 Å². The Morgan fingerprint density at radius 2 is 2.00 bits per heavy atom. The SMILES string of the molecule is C[C@@H](c1ccccc1)[C@H](O)/C=C/[C@H]1CC(F)(F)C(=O)N1CCCc1ccc(C(=O)O)s1. The molecule has 1 saturated heterocycles. The average Bonchev–Trinajstić information content (AvgIpc) is 3.30. The van der Waals surface area contributed by atoms with Gasteiger partial charge in [0.1, 0.15) is 4.88 Å². The van der Waals surface area contributed by atoms with Gasteiger partial charge < -0.3 is 15.1 Å². The van der Waals surface area contributed by atoms with E-state index < -0.39 is 36.4 Å². The Morgan fingerprint density at radius 1 is 1.29 bits per heavy atom. The summed E-state index contributed by atoms with van der Waals surface area (Å²) in [7, 11) is 0. The molecule has 1 amide bonds. The molecule has 3 rings (SSSR count). The number of benzene rings is 1. The van der Waals surface area contributed by atoms with Gasteiger partial charge in [-0.3, -0.25) is 4.79 Å². The molecular formula is C23H25F2NO4S. The third kappa shape index (κ3) is 5.57. The van der Waals surface area contributed by atoms with Crippen molar-refractivity contribution in [3.63, 3.8) is 0 Å². The fourth-order valence-electron chi connectivity index (χ4n) is 3.67. The number of rotatable bonds is 9. The van der Waals surface area contributed by atoms with Gasteiger partial charge in [0.25, 0.3) is 5.91 Å². The maximum Gasteiger partial charge on any atom is 0.345 e. The Bertz CT molecular complexity index is 944. The lowest BCUT2D eigenvalue weighted by Gasteiger charge is -2.22. The normalized spacial score (nSPS) is 20.3. The number of aliphatic hydroxyl groups is 1. The summed E-state index contributed by atoms with van der Waals surface area (Å²) in [5.74, 6) is -5.85. The fraction of sp³-hybridized carbons (Fsp3) is 0.391. The maximum absolute atomic E-state index is 14.1. The molecule has 5 nitrogen and oxygen atoms in total. The second-order valence-corrected chi connectivity index (χ2v) is 8.89. The van der Waals surface area contributed by atoms with Crippen molar-refractivity contribution in [3.8, 4) is 0 Å². The van der Waals surface area contributed by atoms with Crippen LogP contribution in [0.5, 0.6) is 0 Å². The van der Waals surface area contributed by atoms with Crippen molar-refractivity contribution in [1.29, 1.82) is 0 Å². The number of aliphatic hydroxyl groups excluding tert-OH is 1. The highest BCUT2D eigenvalue weighted by Gasteiger charge is 2.52. The van der Waals surface area contributed by atoms with Crippen LogP contribution in [-0.2, 0) is 11.2 Å². The van der Waals surface area contributed by atoms with Crippen molar-refractivity contribution in [2.75, 3.05) is 6.54 Å². The Labute approximate surface area is 183 Å². The van der Waals surface area contributed by atoms with E-state index in [-0.39, 0.29) is 17.3 Å². The lowest BCUT2D eigenvalue weighted by atomic mass is 9.94. The topological polar surface area (TPSA) is 77.8 Å². The number of carbonyl (C=O) groups is 2. The largest absolute Gasteiger partial charge is 0.477 e. The van der Waals surface area contributed by atoms with Crippen LogP contribution >= 0.6 is 11.3 Å². The first-order valence-electron chi connectivity index (χ1n) is 10.1. The van der Waals surface area contributed by atoms with Crippen LogP contribution in [0.2, 0.25) is 0 Å². The van der Waals surface area contributed by atoms with E-state index in [1.165, 1.54) is 18.2 Å². The number of carboxylic acid groups (broad SMARTS) is 1. The van der Waals surface area contributed by atoms with Crippen LogP contribution in [0.15, 0.2) is 54.6 Å². The monoisotopic (exact) mass is 449 g/mol. The predicted molar refractivity (Wildman–Crippen MR) is 115 cm³/mol. The molecule has 0 radical (unpaired) electrons. The quantitative estimate of drug-likeness (QED) is 0.559. The molecule has 0 unspecified atom stereocenters. The minimum Gasteiger partial charge on any atom is -0.477 e. The number of hydrogen-bond acceptors (Lipinski definition) is 4. The third-order valence-electron chi connectivity index (χ3n) is 5.50. The second-order valence-electron chi connectivity index (χ2n) is 7.72. The van der Waals surface area contributed by atoms with Crippen molar-refractivity contribution in [2.45, 2.75) is 50.2 Å². The summed E-state index contributed by atoms with van der Waals surface area (Å²) < 4.78 is 28.2. The Kier molecular flexibility index (Phi) is 7.23. The van der Waals surface area contributed by atoms with E-state index in [1.54, 1.807) is 6.07 Å². The average molecular weight is 450 g/mol. The predicted octanol–water partition coefficient (Wildman–Crippen LogP) is 4.34. The van der Waals surface area contributed by atoms with Gasteiger partial charge in [-0.2, -0.15) is 8.78 Å². The first kappa shape index (κ1) is 23.1. The van der Waals surface area contributed by atoms with Crippen LogP contribution in [0.25, 0.3) is 0 Å². The highest BCUT2D eigenvalue weighted by molar-refractivity contribution is 7.13. The first-order chi connectivity index (χ1) is 14.7. The van der Waals surface area contributed by atoms with Crippen molar-refractivity contribution < 1.29 is 28.6 Å². The molecule has 1 aromatic heterocycles. The van der Waals surface area contributed by atoms with E-state index in [4.69, 9.17) is 5.11 Å². The van der Waals surface area contributed by atoms with Crippen molar-refractivity contribution >= 4 is 23.2 Å². The molecule has 8 heteroatoms. The summed E-state index contributed by atoms with van der Waals surface area (Å²) in [5, 5.41) is 19.4. The second kappa shape index (κ2) is 9.70. The maximum atomic E-state index is 14.1. The van der Waals surface area contributed by atoms with Gasteiger partial charge in [-0.15, -0.1) is 11.3 Å². The van der Waals surface area contributed by atoms with E-state index in [0.29, 0.717) is 12.8 Å². The summed E-state index contributed by atoms with van der Waals surface area (Å²) >= 11 is 1.14. The number of carboxylic acids is 1. The molecule has 1 aliphatic heterocycles. The lowest BCUT2D eigenvalue weighted by molar-refractivity contribution is -0.148. The molecule has 1 aliphatic rings. The van der Waals surface area contributed by atoms with Gasteiger partial charge in [-0.25, -0.2) is 4.79 Å². The zero-order valence-electron chi connectivity index (χ0n) is 17.1. The number of amides is 1. The Morgan fingerprint density at radius 3 is 2.65 bits per heavy atom. The van der Waals surface area contributed by atoms with E-state index in [9.17, 15) is 23.5 Å². The van der Waals surface area contributed by atoms with Gasteiger partial charge in [0.2, 0.25) is 0 Å². The number of alkyl halides is 2. The highest BCUT2D eigenvalue weighted by atomic mass is 32.1. The molecule has 2 N–H and O–H groups in total. The van der Waals surface area contributed by atoms with Gasteiger partial charge in [-0.05, 0) is 30.5 Å². The van der Waals surface area contributed by atoms with E-state index in [1.807, 2.05) is 37.3 Å². The molecule has 3 atom stereocenters. The number of aromatic carboxylic acids is 1. The number of thiophene rings is 1. The lowest BCUT2D eigenvalue weighted by Crippen LogP contribution is -2.36. The number of nitrogens with zero attached hydrogens (tertiary/aromatic N) is 1. The minimum atomic E-state index is -3.43. The Balaban J connectivity index is 1.62. The summed E-state index contributed by atoms with van der Waals surface area (Å²) in [6.07, 6.45) is 2.44. The van der Waals surface area contributed by atoms with Crippen LogP contribution in [0, 0.1) is 0 Å². The number of halogens is 2. The van der Waals surface area contributed by atoms with Crippen LogP contribution < -0.4 is 0 Å². The summed E-state index contributed by atoms with van der Waals surface area (Å²) in [6.45, 7) is 1.98. The smallest absolute Gasteiger partial charge is 0.345 e. The van der Waals surface area contributed by atoms with E-state index in [0.717, 1.165) is 26.7 Å². The zero-order valence-corrected chi connectivity index (χ0v) is 17.9. The first-order valence-corrected chi connectivity index (χ1v) is 10.9. The molecule has 0 bridgehead atoms. The molecule has 31 heavy (non-hydrogen) atoms. The van der Waals surface area contributed by atoms with Crippen molar-refractivity contribution in [2.24, 2.45) is 0 Å². The molecule has 166 valence electrons. The zero-order chi connectivity index (χ0) is 22.6. The van der Waals surface area contributed by atoms with Gasteiger partial charge in [0.05, 0.1) is 12.1 Å². The minimum absolute atomic E-state index is 0.133. The number of aryl methyl sites for hydroxylation is 1. The molecular weight excluding hydrogens is 424 g/mol. The number of hydrogen-bond donors (Lipinski definition) is 2. The van der Waals surface area contributed by atoms with E-state index >= 15 is 0 Å².